The Morgan fingerprint density at radius 3 is 2.88 bits per heavy atom. The molecule has 0 spiro atoms. The van der Waals surface area contributed by atoms with Gasteiger partial charge in [-0.15, -0.1) is 0 Å². The number of nitrogens with two attached hydrogens (primary N) is 1. The van der Waals surface area contributed by atoms with Crippen LogP contribution in [0.25, 0.3) is 0 Å². The van der Waals surface area contributed by atoms with E-state index in [9.17, 15) is 4.79 Å². The van der Waals surface area contributed by atoms with Crippen molar-refractivity contribution in [1.29, 1.82) is 0 Å². The number of unbranched alkanes of at least 4 members (excludes halogenated alkanes) is 3. The molecule has 0 saturated carbocycles. The largest absolute Gasteiger partial charge is 0.495 e. The third kappa shape index (κ3) is 5.71. The van der Waals surface area contributed by atoms with E-state index < -0.39 is 0 Å². The van der Waals surface area contributed by atoms with Gasteiger partial charge in [0.05, 0.1) is 12.8 Å². The fourth-order valence-electron chi connectivity index (χ4n) is 3.24. The van der Waals surface area contributed by atoms with Gasteiger partial charge in [0.15, 0.2) is 0 Å². The number of anilines is 1. The Kier molecular flexibility index (Phi) is 7.89. The average Bonchev–Trinajstić information content (AvgIpc) is 3.08. The van der Waals surface area contributed by atoms with Gasteiger partial charge in [0.25, 0.3) is 0 Å². The fraction of sp³-hybridized carbons (Fsp3) is 0.632. The number of nitrogens with one attached hydrogen (secondary N) is 1. The molecule has 5 heteroatoms. The highest BCUT2D eigenvalue weighted by molar-refractivity contribution is 5.75. The first kappa shape index (κ1) is 18.6. The standard InChI is InChI=1S/C19H31N3O2/c1-24-18-9-6-5-8-17(18)22-13-11-16(15-22)14-21-19(23)10-4-2-3-7-12-20/h5-6,8-9,16H,2-4,7,10-15,20H2,1H3,(H,21,23). The van der Waals surface area contributed by atoms with Crippen LogP contribution >= 0.6 is 0 Å². The number of hydrogen-bond donors (Lipinski definition) is 2. The van der Waals surface area contributed by atoms with Gasteiger partial charge in [-0.2, -0.15) is 0 Å². The maximum atomic E-state index is 11.9. The number of para-hydroxylation sites is 2. The molecule has 1 aliphatic rings. The molecule has 134 valence electrons. The number of rotatable bonds is 10. The van der Waals surface area contributed by atoms with Crippen LogP contribution in [0.4, 0.5) is 5.69 Å². The van der Waals surface area contributed by atoms with Crippen molar-refractivity contribution in [2.45, 2.75) is 38.5 Å². The van der Waals surface area contributed by atoms with Crippen LogP contribution in [-0.2, 0) is 4.79 Å². The van der Waals surface area contributed by atoms with Crippen molar-refractivity contribution >= 4 is 11.6 Å². The van der Waals surface area contributed by atoms with E-state index in [4.69, 9.17) is 10.5 Å². The predicted octanol–water partition coefficient (Wildman–Crippen LogP) is 2.55. The Balaban J connectivity index is 1.67. The summed E-state index contributed by atoms with van der Waals surface area (Å²) in [6.45, 7) is 3.50. The maximum absolute atomic E-state index is 11.9. The second kappa shape index (κ2) is 10.2. The number of methoxy groups -OCH3 is 1. The van der Waals surface area contributed by atoms with Crippen molar-refractivity contribution in [2.75, 3.05) is 38.2 Å². The molecule has 24 heavy (non-hydrogen) atoms. The van der Waals surface area contributed by atoms with E-state index in [0.29, 0.717) is 12.3 Å². The van der Waals surface area contributed by atoms with E-state index in [0.717, 1.165) is 69.7 Å². The van der Waals surface area contributed by atoms with Gasteiger partial charge in [0, 0.05) is 26.1 Å². The fourth-order valence-corrected chi connectivity index (χ4v) is 3.24. The number of nitrogens with zero attached hydrogens (tertiary/aromatic N) is 1. The molecule has 2 rings (SSSR count). The molecular formula is C19H31N3O2. The molecule has 1 unspecified atom stereocenters. The van der Waals surface area contributed by atoms with Crippen LogP contribution in [0.15, 0.2) is 24.3 Å². The van der Waals surface area contributed by atoms with Crippen molar-refractivity contribution in [3.05, 3.63) is 24.3 Å². The van der Waals surface area contributed by atoms with Crippen molar-refractivity contribution in [3.63, 3.8) is 0 Å². The lowest BCUT2D eigenvalue weighted by Crippen LogP contribution is -2.30. The van der Waals surface area contributed by atoms with Crippen molar-refractivity contribution in [2.24, 2.45) is 11.7 Å². The van der Waals surface area contributed by atoms with E-state index in [1.54, 1.807) is 7.11 Å². The Bertz CT molecular complexity index is 507. The molecule has 5 nitrogen and oxygen atoms in total. The summed E-state index contributed by atoms with van der Waals surface area (Å²) in [5.41, 5.74) is 6.62. The molecule has 1 heterocycles. The monoisotopic (exact) mass is 333 g/mol. The van der Waals surface area contributed by atoms with Gasteiger partial charge < -0.3 is 20.7 Å². The number of benzene rings is 1. The van der Waals surface area contributed by atoms with Crippen LogP contribution in [-0.4, -0.2) is 39.2 Å². The third-order valence-electron chi connectivity index (χ3n) is 4.66. The number of ether oxygens (including phenoxy) is 1. The van der Waals surface area contributed by atoms with Gasteiger partial charge in [-0.1, -0.05) is 25.0 Å². The van der Waals surface area contributed by atoms with Gasteiger partial charge >= 0.3 is 0 Å². The summed E-state index contributed by atoms with van der Waals surface area (Å²) >= 11 is 0. The zero-order valence-corrected chi connectivity index (χ0v) is 14.8. The lowest BCUT2D eigenvalue weighted by atomic mass is 10.1. The topological polar surface area (TPSA) is 67.6 Å². The minimum atomic E-state index is 0.179. The minimum Gasteiger partial charge on any atom is -0.495 e. The average molecular weight is 333 g/mol. The Morgan fingerprint density at radius 1 is 1.29 bits per heavy atom. The molecule has 1 amide bonds. The van der Waals surface area contributed by atoms with Gasteiger partial charge in [-0.25, -0.2) is 0 Å². The van der Waals surface area contributed by atoms with E-state index in [1.165, 1.54) is 0 Å². The summed E-state index contributed by atoms with van der Waals surface area (Å²) in [7, 11) is 1.71. The summed E-state index contributed by atoms with van der Waals surface area (Å²) in [5.74, 6) is 1.61. The predicted molar refractivity (Wildman–Crippen MR) is 98.5 cm³/mol. The van der Waals surface area contributed by atoms with Crippen LogP contribution in [0.2, 0.25) is 0 Å². The van der Waals surface area contributed by atoms with E-state index >= 15 is 0 Å². The molecule has 1 aliphatic heterocycles. The van der Waals surface area contributed by atoms with Crippen molar-refractivity contribution < 1.29 is 9.53 Å². The highest BCUT2D eigenvalue weighted by Gasteiger charge is 2.24. The Morgan fingerprint density at radius 2 is 2.08 bits per heavy atom. The molecule has 3 N–H and O–H groups in total. The van der Waals surface area contributed by atoms with Gasteiger partial charge in [-0.05, 0) is 43.9 Å². The maximum Gasteiger partial charge on any atom is 0.220 e. The molecular weight excluding hydrogens is 302 g/mol. The zero-order valence-electron chi connectivity index (χ0n) is 14.8. The Hall–Kier alpha value is -1.75. The van der Waals surface area contributed by atoms with Gasteiger partial charge in [-0.3, -0.25) is 4.79 Å². The quantitative estimate of drug-likeness (QED) is 0.646. The van der Waals surface area contributed by atoms with Crippen LogP contribution in [0.1, 0.15) is 38.5 Å². The normalized spacial score (nSPS) is 17.1. The SMILES string of the molecule is COc1ccccc1N1CCC(CNC(=O)CCCCCCN)C1. The zero-order chi connectivity index (χ0) is 17.2. The van der Waals surface area contributed by atoms with E-state index in [2.05, 4.69) is 16.3 Å². The van der Waals surface area contributed by atoms with Crippen LogP contribution < -0.4 is 20.7 Å². The molecule has 0 radical (unpaired) electrons. The lowest BCUT2D eigenvalue weighted by Gasteiger charge is -2.21. The molecule has 1 aromatic rings. The van der Waals surface area contributed by atoms with E-state index in [1.807, 2.05) is 18.2 Å². The van der Waals surface area contributed by atoms with Crippen molar-refractivity contribution in [1.82, 2.24) is 5.32 Å². The minimum absolute atomic E-state index is 0.179. The van der Waals surface area contributed by atoms with Crippen molar-refractivity contribution in [3.8, 4) is 5.75 Å². The molecule has 1 atom stereocenters. The third-order valence-corrected chi connectivity index (χ3v) is 4.66. The summed E-state index contributed by atoms with van der Waals surface area (Å²) in [6.07, 6.45) is 5.98. The molecule has 0 bridgehead atoms. The van der Waals surface area contributed by atoms with Gasteiger partial charge in [0.1, 0.15) is 5.75 Å². The molecule has 1 fully saturated rings. The first-order chi connectivity index (χ1) is 11.7. The van der Waals surface area contributed by atoms with Gasteiger partial charge in [0.2, 0.25) is 5.91 Å². The highest BCUT2D eigenvalue weighted by atomic mass is 16.5. The molecule has 0 aliphatic carbocycles. The molecule has 0 aromatic heterocycles. The lowest BCUT2D eigenvalue weighted by molar-refractivity contribution is -0.121. The summed E-state index contributed by atoms with van der Waals surface area (Å²) < 4.78 is 5.44. The highest BCUT2D eigenvalue weighted by Crippen LogP contribution is 2.31. The number of hydrogen-bond acceptors (Lipinski definition) is 4. The summed E-state index contributed by atoms with van der Waals surface area (Å²) in [6, 6.07) is 8.12. The van der Waals surface area contributed by atoms with Crippen LogP contribution in [0.5, 0.6) is 5.75 Å². The second-order valence-electron chi connectivity index (χ2n) is 6.53. The number of amides is 1. The molecule has 1 aromatic carbocycles. The summed E-state index contributed by atoms with van der Waals surface area (Å²) in [4.78, 5) is 14.3. The summed E-state index contributed by atoms with van der Waals surface area (Å²) in [5, 5.41) is 3.09. The smallest absolute Gasteiger partial charge is 0.220 e. The Labute approximate surface area is 145 Å². The van der Waals surface area contributed by atoms with Crippen LogP contribution in [0, 0.1) is 5.92 Å². The first-order valence-corrected chi connectivity index (χ1v) is 9.09. The van der Waals surface area contributed by atoms with E-state index in [-0.39, 0.29) is 5.91 Å². The second-order valence-corrected chi connectivity index (χ2v) is 6.53. The number of carbonyl (C=O) groups excluding carboxylic acids is 1. The van der Waals surface area contributed by atoms with Crippen LogP contribution in [0.3, 0.4) is 0 Å². The first-order valence-electron chi connectivity index (χ1n) is 9.09. The number of carbonyl (C=O) groups is 1. The molecule has 1 saturated heterocycles.